The second kappa shape index (κ2) is 23.8. The summed E-state index contributed by atoms with van der Waals surface area (Å²) in [4.78, 5) is 97.2. The molecule has 61 heavy (non-hydrogen) atoms. The highest BCUT2D eigenvalue weighted by Gasteiger charge is 2.39. The number of hydrogen-bond acceptors (Lipinski definition) is 12. The second-order valence-electron chi connectivity index (χ2n) is 16.8. The predicted octanol–water partition coefficient (Wildman–Crippen LogP) is 4.50. The fraction of sp³-hybridized carbons (Fsp3) is 0.628. The third kappa shape index (κ3) is 16.0. The van der Waals surface area contributed by atoms with Crippen LogP contribution in [0.25, 0.3) is 0 Å². The summed E-state index contributed by atoms with van der Waals surface area (Å²) in [6.45, 7) is 15.8. The lowest BCUT2D eigenvalue weighted by Crippen LogP contribution is -2.60. The smallest absolute Gasteiger partial charge is 0.306 e. The van der Waals surface area contributed by atoms with Crippen LogP contribution < -0.4 is 21.3 Å². The van der Waals surface area contributed by atoms with E-state index in [2.05, 4.69) is 26.3 Å². The molecule has 0 spiro atoms. The Hall–Kier alpha value is -5.10. The number of phenolic OH excluding ortho intramolecular Hbond substituents is 1. The van der Waals surface area contributed by atoms with E-state index in [0.717, 1.165) is 11.3 Å². The van der Waals surface area contributed by atoms with Crippen molar-refractivity contribution in [3.05, 3.63) is 39.8 Å². The number of thiazole rings is 1. The fourth-order valence-electron chi connectivity index (χ4n) is 6.42. The number of amides is 5. The van der Waals surface area contributed by atoms with Gasteiger partial charge in [-0.25, -0.2) is 4.98 Å². The topological polar surface area (TPSA) is 237 Å². The minimum atomic E-state index is -1.06. The van der Waals surface area contributed by atoms with E-state index >= 15 is 0 Å². The van der Waals surface area contributed by atoms with Crippen molar-refractivity contribution in [1.82, 2.24) is 30.7 Å². The number of rotatable bonds is 24. The van der Waals surface area contributed by atoms with Crippen LogP contribution in [0.4, 0.5) is 5.69 Å². The molecule has 0 aliphatic carbocycles. The van der Waals surface area contributed by atoms with Crippen molar-refractivity contribution in [2.75, 3.05) is 33.0 Å². The van der Waals surface area contributed by atoms with E-state index in [1.807, 2.05) is 27.7 Å². The van der Waals surface area contributed by atoms with Crippen LogP contribution in [-0.2, 0) is 39.9 Å². The van der Waals surface area contributed by atoms with E-state index in [-0.39, 0.29) is 78.3 Å². The molecule has 1 aromatic heterocycles. The lowest BCUT2D eigenvalue weighted by molar-refractivity contribution is -0.149. The van der Waals surface area contributed by atoms with Gasteiger partial charge in [0.2, 0.25) is 23.6 Å². The standard InChI is InChI=1S/C43H67N7O10S/c1-13-25(4)37(48-42(59)43(8,9)49(10)11)40(56)50(12)33(24(2)3)22-35(60-28(7)52)39-47-32(23-61-39)38(55)45-30(19-26(5)41(57)58)20-29-16-17-34(53)31(21-29)46-36(54)15-14-18-44-27(6)51/h16-17,21,23-26,30,33,35,37,53H,13-15,18-20,22H2,1-12H3,(H,44,51)(H,45,55)(H,46,54)(H,48,59)(H,57,58)/t25-,26-,30+,33+,35+,37-/m0/s1. The van der Waals surface area contributed by atoms with Gasteiger partial charge in [-0.05, 0) is 76.7 Å². The number of carboxylic acid groups (broad SMARTS) is 1. The fourth-order valence-corrected chi connectivity index (χ4v) is 7.26. The monoisotopic (exact) mass is 873 g/mol. The van der Waals surface area contributed by atoms with Gasteiger partial charge in [0.05, 0.1) is 17.1 Å². The third-order valence-corrected chi connectivity index (χ3v) is 12.0. The van der Waals surface area contributed by atoms with Crippen LogP contribution in [0, 0.1) is 17.8 Å². The van der Waals surface area contributed by atoms with Crippen LogP contribution in [-0.4, -0.2) is 118 Å². The minimum absolute atomic E-state index is 0.0108. The number of ether oxygens (including phenoxy) is 1. The highest BCUT2D eigenvalue weighted by Crippen LogP contribution is 2.32. The maximum Gasteiger partial charge on any atom is 0.306 e. The Labute approximate surface area is 363 Å². The number of hydrogen-bond donors (Lipinski definition) is 6. The van der Waals surface area contributed by atoms with Crippen LogP contribution in [0.2, 0.25) is 0 Å². The molecule has 2 aromatic rings. The van der Waals surface area contributed by atoms with Crippen LogP contribution in [0.5, 0.6) is 5.75 Å². The molecule has 6 N–H and O–H groups in total. The first kappa shape index (κ1) is 52.0. The number of phenols is 1. The van der Waals surface area contributed by atoms with E-state index in [4.69, 9.17) is 4.74 Å². The van der Waals surface area contributed by atoms with Gasteiger partial charge in [0, 0.05) is 57.7 Å². The number of aromatic nitrogens is 1. The van der Waals surface area contributed by atoms with Gasteiger partial charge < -0.3 is 41.1 Å². The highest BCUT2D eigenvalue weighted by atomic mass is 32.1. The molecule has 0 aliphatic heterocycles. The molecule has 1 aromatic carbocycles. The average molecular weight is 874 g/mol. The number of likely N-dealkylation sites (N-methyl/N-ethyl adjacent to an activating group) is 2. The Kier molecular flexibility index (Phi) is 20.3. The molecule has 18 heteroatoms. The Bertz CT molecular complexity index is 1850. The van der Waals surface area contributed by atoms with Crippen LogP contribution in [0.1, 0.15) is 122 Å². The Morgan fingerprint density at radius 1 is 0.967 bits per heavy atom. The van der Waals surface area contributed by atoms with Gasteiger partial charge in [-0.2, -0.15) is 0 Å². The number of carbonyl (C=O) groups excluding carboxylic acids is 6. The molecule has 5 amide bonds. The van der Waals surface area contributed by atoms with Gasteiger partial charge in [0.15, 0.2) is 6.10 Å². The second-order valence-corrected chi connectivity index (χ2v) is 17.7. The Morgan fingerprint density at radius 3 is 2.18 bits per heavy atom. The third-order valence-electron chi connectivity index (χ3n) is 11.0. The summed E-state index contributed by atoms with van der Waals surface area (Å²) in [5.41, 5.74) is -0.133. The molecule has 17 nitrogen and oxygen atoms in total. The summed E-state index contributed by atoms with van der Waals surface area (Å²) in [5.74, 6) is -4.75. The number of carboxylic acids is 1. The molecular weight excluding hydrogens is 807 g/mol. The average Bonchev–Trinajstić information content (AvgIpc) is 3.67. The van der Waals surface area contributed by atoms with E-state index in [9.17, 15) is 43.8 Å². The molecule has 0 saturated carbocycles. The molecule has 0 unspecified atom stereocenters. The van der Waals surface area contributed by atoms with Crippen molar-refractivity contribution >= 4 is 58.5 Å². The van der Waals surface area contributed by atoms with Crippen molar-refractivity contribution in [3.63, 3.8) is 0 Å². The SMILES string of the molecule is CC[C@H](C)[C@H](NC(=O)C(C)(C)N(C)C)C(=O)N(C)[C@H](C[C@@H](OC(C)=O)c1nc(C(=O)N[C@@H](Cc2ccc(O)c(NC(=O)CCCNC(C)=O)c2)C[C@H](C)C(=O)O)cs1)C(C)C. The van der Waals surface area contributed by atoms with Crippen molar-refractivity contribution in [3.8, 4) is 5.75 Å². The molecule has 0 fully saturated rings. The largest absolute Gasteiger partial charge is 0.506 e. The maximum atomic E-state index is 14.2. The molecule has 0 radical (unpaired) electrons. The first-order valence-electron chi connectivity index (χ1n) is 20.7. The van der Waals surface area contributed by atoms with Gasteiger partial charge in [-0.1, -0.05) is 47.1 Å². The highest BCUT2D eigenvalue weighted by molar-refractivity contribution is 7.09. The number of nitrogens with one attached hydrogen (secondary N) is 4. The van der Waals surface area contributed by atoms with Gasteiger partial charge >= 0.3 is 11.9 Å². The van der Waals surface area contributed by atoms with E-state index in [0.29, 0.717) is 30.0 Å². The first-order valence-corrected chi connectivity index (χ1v) is 21.5. The number of nitrogens with zero attached hydrogens (tertiary/aromatic N) is 3. The van der Waals surface area contributed by atoms with E-state index < -0.39 is 53.5 Å². The van der Waals surface area contributed by atoms with Crippen molar-refractivity contribution in [1.29, 1.82) is 0 Å². The lowest BCUT2D eigenvalue weighted by atomic mass is 9.92. The summed E-state index contributed by atoms with van der Waals surface area (Å²) >= 11 is 1.10. The van der Waals surface area contributed by atoms with Gasteiger partial charge in [0.25, 0.3) is 5.91 Å². The van der Waals surface area contributed by atoms with Crippen molar-refractivity contribution in [2.45, 2.75) is 131 Å². The van der Waals surface area contributed by atoms with E-state index in [1.165, 1.54) is 32.2 Å². The summed E-state index contributed by atoms with van der Waals surface area (Å²) in [5, 5.41) is 33.2. The summed E-state index contributed by atoms with van der Waals surface area (Å²) in [6, 6.07) is 2.53. The zero-order valence-corrected chi connectivity index (χ0v) is 38.5. The summed E-state index contributed by atoms with van der Waals surface area (Å²) in [6.07, 6.45) is 0.504. The molecule has 0 bridgehead atoms. The molecule has 0 aliphatic rings. The van der Waals surface area contributed by atoms with Crippen LogP contribution >= 0.6 is 11.3 Å². The van der Waals surface area contributed by atoms with Crippen molar-refractivity contribution < 1.29 is 48.5 Å². The predicted molar refractivity (Wildman–Crippen MR) is 233 cm³/mol. The Morgan fingerprint density at radius 2 is 1.62 bits per heavy atom. The zero-order chi connectivity index (χ0) is 46.4. The molecule has 340 valence electrons. The number of esters is 1. The van der Waals surface area contributed by atoms with Gasteiger partial charge in [-0.15, -0.1) is 11.3 Å². The van der Waals surface area contributed by atoms with Gasteiger partial charge in [0.1, 0.15) is 22.5 Å². The van der Waals surface area contributed by atoms with Crippen LogP contribution in [0.3, 0.4) is 0 Å². The van der Waals surface area contributed by atoms with Crippen LogP contribution in [0.15, 0.2) is 23.6 Å². The number of aromatic hydroxyl groups is 1. The maximum absolute atomic E-state index is 14.2. The number of aliphatic carboxylic acids is 1. The van der Waals surface area contributed by atoms with E-state index in [1.54, 1.807) is 56.9 Å². The molecule has 1 heterocycles. The molecule has 6 atom stereocenters. The molecule has 2 rings (SSSR count). The number of carbonyl (C=O) groups is 7. The molecular formula is C43H67N7O10S. The minimum Gasteiger partial charge on any atom is -0.506 e. The summed E-state index contributed by atoms with van der Waals surface area (Å²) < 4.78 is 5.76. The normalized spacial score (nSPS) is 14.5. The van der Waals surface area contributed by atoms with Crippen molar-refractivity contribution in [2.24, 2.45) is 17.8 Å². The lowest BCUT2D eigenvalue weighted by Gasteiger charge is -2.38. The zero-order valence-electron chi connectivity index (χ0n) is 37.7. The Balaban J connectivity index is 2.36. The van der Waals surface area contributed by atoms with Gasteiger partial charge in [-0.3, -0.25) is 38.5 Å². The number of benzene rings is 1. The number of anilines is 1. The first-order chi connectivity index (χ1) is 28.4. The summed E-state index contributed by atoms with van der Waals surface area (Å²) in [7, 11) is 5.25. The molecule has 0 saturated heterocycles. The quantitative estimate of drug-likeness (QED) is 0.0486.